The fraction of sp³-hybridized carbons (Fsp3) is 0.250. The van der Waals surface area contributed by atoms with E-state index < -0.39 is 0 Å². The fourth-order valence-electron chi connectivity index (χ4n) is 2.12. The van der Waals surface area contributed by atoms with Crippen molar-refractivity contribution in [1.82, 2.24) is 0 Å². The van der Waals surface area contributed by atoms with E-state index in [0.29, 0.717) is 6.54 Å². The van der Waals surface area contributed by atoms with Crippen molar-refractivity contribution in [3.05, 3.63) is 59.7 Å². The zero-order chi connectivity index (χ0) is 13.0. The van der Waals surface area contributed by atoms with Gasteiger partial charge < -0.3 is 10.6 Å². The highest BCUT2D eigenvalue weighted by Crippen LogP contribution is 2.25. The van der Waals surface area contributed by atoms with Crippen LogP contribution in [0.25, 0.3) is 0 Å². The number of rotatable bonds is 4. The predicted octanol–water partition coefficient (Wildman–Crippen LogP) is 3.61. The van der Waals surface area contributed by atoms with Crippen LogP contribution in [-0.4, -0.2) is 6.54 Å². The van der Waals surface area contributed by atoms with Gasteiger partial charge in [0.15, 0.2) is 0 Å². The number of nitrogens with zero attached hydrogens (tertiary/aromatic N) is 1. The standard InChI is InChI=1S/C16H20N2/c1-3-18(16-6-4-5-13(2)11-16)15-9-7-14(12-17)8-10-15/h4-11H,3,12,17H2,1-2H3. The molecule has 2 heteroatoms. The van der Waals surface area contributed by atoms with Gasteiger partial charge in [0.1, 0.15) is 0 Å². The SMILES string of the molecule is CCN(c1ccc(CN)cc1)c1cccc(C)c1. The number of benzene rings is 2. The molecule has 2 aromatic carbocycles. The van der Waals surface area contributed by atoms with Gasteiger partial charge in [-0.05, 0) is 49.2 Å². The molecule has 0 bridgehead atoms. The van der Waals surface area contributed by atoms with Gasteiger partial charge in [-0.2, -0.15) is 0 Å². The van der Waals surface area contributed by atoms with E-state index in [2.05, 4.69) is 67.3 Å². The Bertz CT molecular complexity index is 503. The Kier molecular flexibility index (Phi) is 4.00. The Labute approximate surface area is 109 Å². The first-order chi connectivity index (χ1) is 8.74. The largest absolute Gasteiger partial charge is 0.342 e. The Balaban J connectivity index is 2.32. The molecule has 0 spiro atoms. The predicted molar refractivity (Wildman–Crippen MR) is 78.2 cm³/mol. The normalized spacial score (nSPS) is 10.4. The van der Waals surface area contributed by atoms with E-state index in [1.165, 1.54) is 22.5 Å². The minimum atomic E-state index is 0.594. The van der Waals surface area contributed by atoms with Crippen molar-refractivity contribution < 1.29 is 0 Å². The molecule has 18 heavy (non-hydrogen) atoms. The van der Waals surface area contributed by atoms with E-state index >= 15 is 0 Å². The molecule has 0 aliphatic rings. The summed E-state index contributed by atoms with van der Waals surface area (Å²) in [7, 11) is 0. The average molecular weight is 240 g/mol. The van der Waals surface area contributed by atoms with E-state index in [9.17, 15) is 0 Å². The summed E-state index contributed by atoms with van der Waals surface area (Å²) in [6, 6.07) is 17.0. The molecule has 2 rings (SSSR count). The summed E-state index contributed by atoms with van der Waals surface area (Å²) in [5.41, 5.74) is 10.5. The molecule has 0 fully saturated rings. The van der Waals surface area contributed by atoms with E-state index in [4.69, 9.17) is 5.73 Å². The number of hydrogen-bond donors (Lipinski definition) is 1. The first-order valence-corrected chi connectivity index (χ1v) is 6.38. The molecule has 0 aliphatic carbocycles. The molecule has 0 saturated heterocycles. The second-order valence-electron chi connectivity index (χ2n) is 4.45. The van der Waals surface area contributed by atoms with Crippen LogP contribution in [0, 0.1) is 6.92 Å². The molecule has 0 heterocycles. The van der Waals surface area contributed by atoms with Crippen LogP contribution >= 0.6 is 0 Å². The molecule has 0 atom stereocenters. The zero-order valence-electron chi connectivity index (χ0n) is 11.1. The van der Waals surface area contributed by atoms with Crippen molar-refractivity contribution >= 4 is 11.4 Å². The molecule has 0 radical (unpaired) electrons. The van der Waals surface area contributed by atoms with Crippen LogP contribution in [-0.2, 0) is 6.54 Å². The van der Waals surface area contributed by atoms with Crippen molar-refractivity contribution in [2.45, 2.75) is 20.4 Å². The second kappa shape index (κ2) is 5.69. The smallest absolute Gasteiger partial charge is 0.0413 e. The molecule has 2 aromatic rings. The lowest BCUT2D eigenvalue weighted by atomic mass is 10.1. The maximum atomic E-state index is 5.63. The van der Waals surface area contributed by atoms with Crippen molar-refractivity contribution in [3.63, 3.8) is 0 Å². The van der Waals surface area contributed by atoms with Crippen LogP contribution < -0.4 is 10.6 Å². The van der Waals surface area contributed by atoms with Crippen molar-refractivity contribution in [2.75, 3.05) is 11.4 Å². The molecule has 0 aromatic heterocycles. The zero-order valence-corrected chi connectivity index (χ0v) is 11.1. The van der Waals surface area contributed by atoms with Gasteiger partial charge in [0.25, 0.3) is 0 Å². The third-order valence-electron chi connectivity index (χ3n) is 3.11. The topological polar surface area (TPSA) is 29.3 Å². The van der Waals surface area contributed by atoms with Gasteiger partial charge >= 0.3 is 0 Å². The summed E-state index contributed by atoms with van der Waals surface area (Å²) in [5.74, 6) is 0. The highest BCUT2D eigenvalue weighted by molar-refractivity contribution is 5.63. The number of nitrogens with two attached hydrogens (primary N) is 1. The Morgan fingerprint density at radius 3 is 2.28 bits per heavy atom. The van der Waals surface area contributed by atoms with Gasteiger partial charge in [-0.25, -0.2) is 0 Å². The molecule has 0 saturated carbocycles. The van der Waals surface area contributed by atoms with Gasteiger partial charge in [-0.3, -0.25) is 0 Å². The lowest BCUT2D eigenvalue weighted by molar-refractivity contribution is 1.01. The second-order valence-corrected chi connectivity index (χ2v) is 4.45. The highest BCUT2D eigenvalue weighted by Gasteiger charge is 2.06. The number of anilines is 2. The Morgan fingerprint density at radius 2 is 1.72 bits per heavy atom. The van der Waals surface area contributed by atoms with Crippen LogP contribution in [0.2, 0.25) is 0 Å². The van der Waals surface area contributed by atoms with Crippen molar-refractivity contribution in [1.29, 1.82) is 0 Å². The quantitative estimate of drug-likeness (QED) is 0.884. The molecule has 2 nitrogen and oxygen atoms in total. The summed E-state index contributed by atoms with van der Waals surface area (Å²) >= 11 is 0. The lowest BCUT2D eigenvalue weighted by Gasteiger charge is -2.24. The van der Waals surface area contributed by atoms with Gasteiger partial charge in [0, 0.05) is 24.5 Å². The van der Waals surface area contributed by atoms with Crippen LogP contribution in [0.15, 0.2) is 48.5 Å². The minimum absolute atomic E-state index is 0.594. The van der Waals surface area contributed by atoms with Crippen LogP contribution in [0.3, 0.4) is 0 Å². The van der Waals surface area contributed by atoms with E-state index in [0.717, 1.165) is 6.54 Å². The minimum Gasteiger partial charge on any atom is -0.342 e. The molecule has 2 N–H and O–H groups in total. The number of hydrogen-bond acceptors (Lipinski definition) is 2. The van der Waals surface area contributed by atoms with Crippen molar-refractivity contribution in [3.8, 4) is 0 Å². The first kappa shape index (κ1) is 12.7. The molecular weight excluding hydrogens is 220 g/mol. The highest BCUT2D eigenvalue weighted by atomic mass is 15.1. The summed E-state index contributed by atoms with van der Waals surface area (Å²) in [6.07, 6.45) is 0. The van der Waals surface area contributed by atoms with Gasteiger partial charge in [0.05, 0.1) is 0 Å². The summed E-state index contributed by atoms with van der Waals surface area (Å²) in [6.45, 7) is 5.83. The molecular formula is C16H20N2. The van der Waals surface area contributed by atoms with Gasteiger partial charge in [-0.15, -0.1) is 0 Å². The van der Waals surface area contributed by atoms with Crippen LogP contribution in [0.5, 0.6) is 0 Å². The average Bonchev–Trinajstić information content (AvgIpc) is 2.40. The monoisotopic (exact) mass is 240 g/mol. The fourth-order valence-corrected chi connectivity index (χ4v) is 2.12. The Morgan fingerprint density at radius 1 is 1.00 bits per heavy atom. The molecule has 0 aliphatic heterocycles. The van der Waals surface area contributed by atoms with Gasteiger partial charge in [0.2, 0.25) is 0 Å². The maximum absolute atomic E-state index is 5.63. The first-order valence-electron chi connectivity index (χ1n) is 6.38. The van der Waals surface area contributed by atoms with E-state index in [1.54, 1.807) is 0 Å². The van der Waals surface area contributed by atoms with Gasteiger partial charge in [-0.1, -0.05) is 24.3 Å². The summed E-state index contributed by atoms with van der Waals surface area (Å²) in [5, 5.41) is 0. The number of aryl methyl sites for hydroxylation is 1. The lowest BCUT2D eigenvalue weighted by Crippen LogP contribution is -2.16. The summed E-state index contributed by atoms with van der Waals surface area (Å²) < 4.78 is 0. The van der Waals surface area contributed by atoms with Crippen LogP contribution in [0.1, 0.15) is 18.1 Å². The summed E-state index contributed by atoms with van der Waals surface area (Å²) in [4.78, 5) is 2.30. The Hall–Kier alpha value is -1.80. The third kappa shape index (κ3) is 2.71. The van der Waals surface area contributed by atoms with Crippen LogP contribution in [0.4, 0.5) is 11.4 Å². The van der Waals surface area contributed by atoms with E-state index in [1.807, 2.05) is 0 Å². The maximum Gasteiger partial charge on any atom is 0.0413 e. The molecule has 94 valence electrons. The molecule has 0 unspecified atom stereocenters. The molecule has 0 amide bonds. The third-order valence-corrected chi connectivity index (χ3v) is 3.11. The van der Waals surface area contributed by atoms with E-state index in [-0.39, 0.29) is 0 Å². The van der Waals surface area contributed by atoms with Crippen molar-refractivity contribution in [2.24, 2.45) is 5.73 Å².